The molecule has 1 aliphatic heterocycles. The number of azo groups is 1. The fourth-order valence-corrected chi connectivity index (χ4v) is 3.70. The lowest BCUT2D eigenvalue weighted by Gasteiger charge is -2.36. The number of hydroxylamine groups is 1. The molecule has 0 spiro atoms. The number of hydrazone groups is 1. The van der Waals surface area contributed by atoms with Gasteiger partial charge in [0.25, 0.3) is 5.91 Å². The van der Waals surface area contributed by atoms with Crippen molar-refractivity contribution in [2.45, 2.75) is 18.9 Å². The van der Waals surface area contributed by atoms with E-state index in [-0.39, 0.29) is 11.7 Å². The minimum Gasteiger partial charge on any atom is -0.312 e. The van der Waals surface area contributed by atoms with Crippen LogP contribution in [0.2, 0.25) is 0 Å². The van der Waals surface area contributed by atoms with Crippen molar-refractivity contribution in [3.63, 3.8) is 0 Å². The smallest absolute Gasteiger partial charge is 0.282 e. The first kappa shape index (κ1) is 29.4. The van der Waals surface area contributed by atoms with Crippen LogP contribution in [-0.4, -0.2) is 37.3 Å². The summed E-state index contributed by atoms with van der Waals surface area (Å²) in [6.07, 6.45) is 0.726. The molecule has 0 atom stereocenters. The number of hydrogen-bond acceptors (Lipinski definition) is 13. The third-order valence-electron chi connectivity index (χ3n) is 5.94. The molecule has 3 aromatic rings. The average Bonchev–Trinajstić information content (AvgIpc) is 3.29. The van der Waals surface area contributed by atoms with Crippen LogP contribution in [0.3, 0.4) is 0 Å². The van der Waals surface area contributed by atoms with Gasteiger partial charge in [0.05, 0.1) is 35.4 Å². The molecule has 10 N–H and O–H groups in total. The second kappa shape index (κ2) is 13.2. The van der Waals surface area contributed by atoms with Gasteiger partial charge in [-0.2, -0.15) is 20.7 Å². The Hall–Kier alpha value is -4.54. The molecular formula is C27H33N11O3. The van der Waals surface area contributed by atoms with E-state index in [0.29, 0.717) is 29.2 Å². The number of carbonyl (C=O) groups is 1. The summed E-state index contributed by atoms with van der Waals surface area (Å²) in [5.41, 5.74) is 32.4. The second-order valence-electron chi connectivity index (χ2n) is 8.93. The van der Waals surface area contributed by atoms with Gasteiger partial charge in [-0.15, -0.1) is 10.1 Å². The summed E-state index contributed by atoms with van der Waals surface area (Å²) in [5, 5.41) is 16.0. The minimum absolute atomic E-state index is 0.208. The molecule has 3 aromatic carbocycles. The lowest BCUT2D eigenvalue weighted by atomic mass is 10.1. The molecule has 14 heteroatoms. The standard InChI is InChI=1S/C27H33N11O3/c1-3-37(36-27(30,31)26(28)29)21-15-13-20(14-16-21)33-32-19-11-9-18(10-12-19)17-23-24(35-41-40-2)34-38(25(23)39)22-7-5-4-6-8-22/h4-17,26,36H,3,28-31H2,1-2H3,(H,34,35)/b23-17-,33-32?. The van der Waals surface area contributed by atoms with Crippen LogP contribution in [-0.2, 0) is 14.7 Å². The van der Waals surface area contributed by atoms with E-state index in [1.165, 1.54) is 12.1 Å². The Bertz CT molecular complexity index is 1410. The van der Waals surface area contributed by atoms with Crippen LogP contribution >= 0.6 is 0 Å². The monoisotopic (exact) mass is 559 g/mol. The quantitative estimate of drug-likeness (QED) is 0.0662. The number of hydrazine groups is 1. The van der Waals surface area contributed by atoms with Crippen LogP contribution in [0.15, 0.2) is 99.8 Å². The maximum Gasteiger partial charge on any atom is 0.282 e. The van der Waals surface area contributed by atoms with Crippen molar-refractivity contribution in [1.82, 2.24) is 10.9 Å². The summed E-state index contributed by atoms with van der Waals surface area (Å²) >= 11 is 0. The first-order chi connectivity index (χ1) is 19.7. The number of hydrogen-bond donors (Lipinski definition) is 6. The van der Waals surface area contributed by atoms with Gasteiger partial charge in [0.15, 0.2) is 11.6 Å². The molecule has 4 rings (SSSR count). The molecule has 1 aliphatic rings. The molecule has 0 saturated heterocycles. The molecule has 0 unspecified atom stereocenters. The van der Waals surface area contributed by atoms with Crippen LogP contribution in [0, 0.1) is 0 Å². The molecule has 1 heterocycles. The van der Waals surface area contributed by atoms with E-state index in [1.807, 2.05) is 49.4 Å². The van der Waals surface area contributed by atoms with Gasteiger partial charge >= 0.3 is 0 Å². The Morgan fingerprint density at radius 3 is 2.17 bits per heavy atom. The van der Waals surface area contributed by atoms with Crippen LogP contribution in [0.5, 0.6) is 0 Å². The van der Waals surface area contributed by atoms with E-state index in [4.69, 9.17) is 27.9 Å². The fourth-order valence-electron chi connectivity index (χ4n) is 3.70. The third-order valence-corrected chi connectivity index (χ3v) is 5.94. The van der Waals surface area contributed by atoms with Crippen LogP contribution in [0.25, 0.3) is 6.08 Å². The van der Waals surface area contributed by atoms with Crippen molar-refractivity contribution in [3.05, 3.63) is 90.0 Å². The predicted molar refractivity (Wildman–Crippen MR) is 157 cm³/mol. The van der Waals surface area contributed by atoms with E-state index in [2.05, 4.69) is 31.1 Å². The van der Waals surface area contributed by atoms with Crippen molar-refractivity contribution in [3.8, 4) is 0 Å². The number of para-hydroxylation sites is 1. The molecule has 0 aromatic heterocycles. The summed E-state index contributed by atoms with van der Waals surface area (Å²) in [7, 11) is 1.34. The number of carbonyl (C=O) groups excluding carboxylic acids is 1. The van der Waals surface area contributed by atoms with Crippen LogP contribution < -0.4 is 43.9 Å². The Balaban J connectivity index is 1.45. The van der Waals surface area contributed by atoms with E-state index in [0.717, 1.165) is 11.3 Å². The van der Waals surface area contributed by atoms with Crippen LogP contribution in [0.4, 0.5) is 22.7 Å². The summed E-state index contributed by atoms with van der Waals surface area (Å²) in [5.74, 6) is -1.60. The lowest BCUT2D eigenvalue weighted by Crippen LogP contribution is -2.77. The molecule has 41 heavy (non-hydrogen) atoms. The number of rotatable bonds is 11. The van der Waals surface area contributed by atoms with E-state index in [9.17, 15) is 4.79 Å². The topological polar surface area (TPSA) is 207 Å². The largest absolute Gasteiger partial charge is 0.312 e. The van der Waals surface area contributed by atoms with Gasteiger partial charge in [0, 0.05) is 6.54 Å². The van der Waals surface area contributed by atoms with E-state index >= 15 is 0 Å². The van der Waals surface area contributed by atoms with E-state index < -0.39 is 12.0 Å². The maximum absolute atomic E-state index is 13.1. The van der Waals surface area contributed by atoms with Crippen molar-refractivity contribution in [1.29, 1.82) is 0 Å². The van der Waals surface area contributed by atoms with Gasteiger partial charge in [-0.05, 0) is 67.1 Å². The SMILES string of the molecule is CCN(NC(N)(N)C(N)N)c1ccc(N=Nc2ccc(/C=C3\C(=O)N(c4ccccc4)N=C3NOOC)cc2)cc1. The molecule has 14 nitrogen and oxygen atoms in total. The molecule has 1 amide bonds. The minimum atomic E-state index is -1.48. The number of nitrogens with zero attached hydrogens (tertiary/aromatic N) is 5. The average molecular weight is 560 g/mol. The van der Waals surface area contributed by atoms with E-state index in [1.54, 1.807) is 47.5 Å². The number of amidine groups is 1. The van der Waals surface area contributed by atoms with Gasteiger partial charge < -0.3 is 16.5 Å². The highest BCUT2D eigenvalue weighted by molar-refractivity contribution is 6.31. The van der Waals surface area contributed by atoms with Crippen molar-refractivity contribution >= 4 is 40.6 Å². The van der Waals surface area contributed by atoms with Gasteiger partial charge in [-0.25, -0.2) is 10.4 Å². The van der Waals surface area contributed by atoms with Crippen molar-refractivity contribution in [2.24, 2.45) is 38.3 Å². The number of nitrogens with two attached hydrogens (primary N) is 4. The summed E-state index contributed by atoms with van der Waals surface area (Å²) in [4.78, 5) is 22.6. The van der Waals surface area contributed by atoms with Gasteiger partial charge in [0.1, 0.15) is 6.17 Å². The molecule has 0 aliphatic carbocycles. The molecule has 0 saturated carbocycles. The number of nitrogens with one attached hydrogen (secondary N) is 2. The predicted octanol–water partition coefficient (Wildman–Crippen LogP) is 2.07. The first-order valence-electron chi connectivity index (χ1n) is 12.6. The zero-order valence-corrected chi connectivity index (χ0v) is 22.6. The van der Waals surface area contributed by atoms with Gasteiger partial charge in [-0.3, -0.25) is 16.3 Å². The second-order valence-corrected chi connectivity index (χ2v) is 8.93. The molecule has 0 fully saturated rings. The Kier molecular flexibility index (Phi) is 9.49. The molecule has 0 bridgehead atoms. The van der Waals surface area contributed by atoms with Crippen molar-refractivity contribution < 1.29 is 14.7 Å². The lowest BCUT2D eigenvalue weighted by molar-refractivity contribution is -0.300. The molecule has 0 radical (unpaired) electrons. The van der Waals surface area contributed by atoms with Gasteiger partial charge in [0.2, 0.25) is 0 Å². The Labute approximate surface area is 237 Å². The Morgan fingerprint density at radius 2 is 1.61 bits per heavy atom. The Morgan fingerprint density at radius 1 is 1.00 bits per heavy atom. The normalized spacial score (nSPS) is 14.8. The highest BCUT2D eigenvalue weighted by Gasteiger charge is 2.32. The molecule has 214 valence electrons. The summed E-state index contributed by atoms with van der Waals surface area (Å²) in [6, 6.07) is 23.6. The van der Waals surface area contributed by atoms with Crippen molar-refractivity contribution in [2.75, 3.05) is 23.7 Å². The summed E-state index contributed by atoms with van der Waals surface area (Å²) in [6.45, 7) is 2.49. The van der Waals surface area contributed by atoms with Crippen LogP contribution in [0.1, 0.15) is 12.5 Å². The highest BCUT2D eigenvalue weighted by Crippen LogP contribution is 2.26. The fraction of sp³-hybridized carbons (Fsp3) is 0.185. The van der Waals surface area contributed by atoms with Gasteiger partial charge in [-0.1, -0.05) is 30.3 Å². The number of benzene rings is 3. The third kappa shape index (κ3) is 7.36. The zero-order chi connectivity index (χ0) is 29.4. The molecular weight excluding hydrogens is 526 g/mol. The zero-order valence-electron chi connectivity index (χ0n) is 22.6. The number of anilines is 2. The number of amides is 1. The highest BCUT2D eigenvalue weighted by atomic mass is 17.3. The first-order valence-corrected chi connectivity index (χ1v) is 12.6. The maximum atomic E-state index is 13.1. The summed E-state index contributed by atoms with van der Waals surface area (Å²) < 4.78 is 0.